The minimum atomic E-state index is -0.274. The lowest BCUT2D eigenvalue weighted by atomic mass is 9.93. The van der Waals surface area contributed by atoms with Gasteiger partial charge in [-0.25, -0.2) is 0 Å². The van der Waals surface area contributed by atoms with Crippen LogP contribution in [0.5, 0.6) is 0 Å². The molecule has 1 atom stereocenters. The smallest absolute Gasteiger partial charge is 0.0813 e. The number of hydrogen-bond donors (Lipinski definition) is 2. The molecule has 0 aliphatic heterocycles. The maximum atomic E-state index is 10.0. The maximum absolute atomic E-state index is 10.0. The molecule has 3 rings (SSSR count). The van der Waals surface area contributed by atoms with Crippen molar-refractivity contribution in [3.8, 4) is 0 Å². The van der Waals surface area contributed by atoms with Crippen molar-refractivity contribution in [1.82, 2.24) is 4.98 Å². The van der Waals surface area contributed by atoms with Gasteiger partial charge in [0.2, 0.25) is 0 Å². The second-order valence-electron chi connectivity index (χ2n) is 4.42. The van der Waals surface area contributed by atoms with Gasteiger partial charge in [-0.2, -0.15) is 0 Å². The number of aliphatic hydroxyl groups excluding tert-OH is 1. The molecule has 0 saturated carbocycles. The molecular formula is C13H15NO. The molecule has 2 heteroatoms. The zero-order chi connectivity index (χ0) is 10.4. The van der Waals surface area contributed by atoms with Crippen molar-refractivity contribution in [3.05, 3.63) is 35.0 Å². The number of rotatable bonds is 0. The number of aryl methyl sites for hydroxylation is 2. The first-order chi connectivity index (χ1) is 7.27. The van der Waals surface area contributed by atoms with Crippen molar-refractivity contribution >= 4 is 10.9 Å². The van der Waals surface area contributed by atoms with Gasteiger partial charge < -0.3 is 10.1 Å². The van der Waals surface area contributed by atoms with Crippen molar-refractivity contribution in [2.45, 2.75) is 32.3 Å². The Morgan fingerprint density at radius 3 is 3.13 bits per heavy atom. The van der Waals surface area contributed by atoms with Gasteiger partial charge in [-0.3, -0.25) is 0 Å². The highest BCUT2D eigenvalue weighted by Gasteiger charge is 2.22. The summed E-state index contributed by atoms with van der Waals surface area (Å²) in [4.78, 5) is 3.45. The number of fused-ring (bicyclic) bond motifs is 3. The summed E-state index contributed by atoms with van der Waals surface area (Å²) in [6.45, 7) is 2.11. The molecule has 1 aromatic carbocycles. The summed E-state index contributed by atoms with van der Waals surface area (Å²) in [6.07, 6.45) is 2.78. The van der Waals surface area contributed by atoms with Gasteiger partial charge in [-0.1, -0.05) is 18.2 Å². The van der Waals surface area contributed by atoms with Crippen LogP contribution in [0.4, 0.5) is 0 Å². The molecule has 1 aliphatic carbocycles. The minimum absolute atomic E-state index is 0.274. The van der Waals surface area contributed by atoms with Crippen LogP contribution in [-0.4, -0.2) is 10.1 Å². The molecule has 0 amide bonds. The first-order valence-electron chi connectivity index (χ1n) is 5.55. The molecular weight excluding hydrogens is 186 g/mol. The molecule has 0 fully saturated rings. The molecule has 1 heterocycles. The van der Waals surface area contributed by atoms with E-state index in [1.165, 1.54) is 22.2 Å². The zero-order valence-corrected chi connectivity index (χ0v) is 8.88. The molecule has 0 bridgehead atoms. The molecule has 2 aromatic rings. The maximum Gasteiger partial charge on any atom is 0.0813 e. The van der Waals surface area contributed by atoms with E-state index in [0.29, 0.717) is 0 Å². The fourth-order valence-electron chi connectivity index (χ4n) is 2.63. The van der Waals surface area contributed by atoms with Crippen LogP contribution in [0.1, 0.15) is 35.8 Å². The number of hydrogen-bond acceptors (Lipinski definition) is 1. The van der Waals surface area contributed by atoms with Gasteiger partial charge in [0.25, 0.3) is 0 Å². The molecule has 2 N–H and O–H groups in total. The Morgan fingerprint density at radius 1 is 1.40 bits per heavy atom. The van der Waals surface area contributed by atoms with E-state index in [9.17, 15) is 5.11 Å². The molecule has 78 valence electrons. The Labute approximate surface area is 88.9 Å². The van der Waals surface area contributed by atoms with Gasteiger partial charge in [0.1, 0.15) is 0 Å². The highest BCUT2D eigenvalue weighted by atomic mass is 16.3. The molecule has 0 spiro atoms. The highest BCUT2D eigenvalue weighted by molar-refractivity contribution is 5.87. The van der Waals surface area contributed by atoms with Crippen LogP contribution >= 0.6 is 0 Å². The van der Waals surface area contributed by atoms with Crippen LogP contribution in [0.2, 0.25) is 0 Å². The zero-order valence-electron chi connectivity index (χ0n) is 8.88. The lowest BCUT2D eigenvalue weighted by molar-refractivity contribution is 0.158. The van der Waals surface area contributed by atoms with Gasteiger partial charge in [-0.05, 0) is 31.7 Å². The van der Waals surface area contributed by atoms with Crippen LogP contribution < -0.4 is 0 Å². The SMILES string of the molecule is Cc1cccc2c3c([nH]c12)CCCC3O. The second kappa shape index (κ2) is 3.11. The van der Waals surface area contributed by atoms with Crippen molar-refractivity contribution in [3.63, 3.8) is 0 Å². The molecule has 1 aromatic heterocycles. The van der Waals surface area contributed by atoms with Crippen LogP contribution in [-0.2, 0) is 6.42 Å². The Balaban J connectivity index is 2.36. The first kappa shape index (κ1) is 8.98. The van der Waals surface area contributed by atoms with Gasteiger partial charge in [0.15, 0.2) is 0 Å². The predicted molar refractivity (Wildman–Crippen MR) is 60.9 cm³/mol. The first-order valence-corrected chi connectivity index (χ1v) is 5.55. The average Bonchev–Trinajstić information content (AvgIpc) is 2.59. The summed E-state index contributed by atoms with van der Waals surface area (Å²) in [6, 6.07) is 6.27. The molecule has 1 unspecified atom stereocenters. The van der Waals surface area contributed by atoms with E-state index >= 15 is 0 Å². The molecule has 1 aliphatic rings. The third-order valence-corrected chi connectivity index (χ3v) is 3.40. The van der Waals surface area contributed by atoms with E-state index in [1.807, 2.05) is 0 Å². The topological polar surface area (TPSA) is 36.0 Å². The highest BCUT2D eigenvalue weighted by Crippen LogP contribution is 2.36. The van der Waals surface area contributed by atoms with E-state index in [1.54, 1.807) is 0 Å². The fraction of sp³-hybridized carbons (Fsp3) is 0.385. The van der Waals surface area contributed by atoms with Gasteiger partial charge >= 0.3 is 0 Å². The normalized spacial score (nSPS) is 20.5. The molecule has 15 heavy (non-hydrogen) atoms. The standard InChI is InChI=1S/C13H15NO/c1-8-4-2-5-9-12-10(14-13(8)9)6-3-7-11(12)15/h2,4-5,11,14-15H,3,6-7H2,1H3. The van der Waals surface area contributed by atoms with Crippen molar-refractivity contribution in [1.29, 1.82) is 0 Å². The summed E-state index contributed by atoms with van der Waals surface area (Å²) in [5.41, 5.74) is 4.83. The van der Waals surface area contributed by atoms with E-state index in [4.69, 9.17) is 0 Å². The monoisotopic (exact) mass is 201 g/mol. The van der Waals surface area contributed by atoms with Crippen LogP contribution in [0.3, 0.4) is 0 Å². The Hall–Kier alpha value is -1.28. The third kappa shape index (κ3) is 1.21. The summed E-state index contributed by atoms with van der Waals surface area (Å²) in [5.74, 6) is 0. The average molecular weight is 201 g/mol. The van der Waals surface area contributed by atoms with Gasteiger partial charge in [0.05, 0.1) is 6.10 Å². The minimum Gasteiger partial charge on any atom is -0.388 e. The quantitative estimate of drug-likeness (QED) is 0.675. The number of benzene rings is 1. The number of aliphatic hydroxyl groups is 1. The van der Waals surface area contributed by atoms with E-state index in [-0.39, 0.29) is 6.10 Å². The summed E-state index contributed by atoms with van der Waals surface area (Å²) in [5, 5.41) is 11.2. The number of para-hydroxylation sites is 1. The Bertz CT molecular complexity index is 512. The van der Waals surface area contributed by atoms with Gasteiger partial charge in [-0.15, -0.1) is 0 Å². The Morgan fingerprint density at radius 2 is 2.27 bits per heavy atom. The van der Waals surface area contributed by atoms with Gasteiger partial charge in [0, 0.05) is 22.2 Å². The third-order valence-electron chi connectivity index (χ3n) is 3.40. The number of aromatic amines is 1. The van der Waals surface area contributed by atoms with Crippen LogP contribution in [0.15, 0.2) is 18.2 Å². The predicted octanol–water partition coefficient (Wildman–Crippen LogP) is 2.85. The second-order valence-corrected chi connectivity index (χ2v) is 4.42. The lowest BCUT2D eigenvalue weighted by Crippen LogP contribution is -2.07. The number of aromatic nitrogens is 1. The van der Waals surface area contributed by atoms with Crippen molar-refractivity contribution in [2.24, 2.45) is 0 Å². The Kier molecular flexibility index (Phi) is 1.86. The van der Waals surface area contributed by atoms with Crippen LogP contribution in [0.25, 0.3) is 10.9 Å². The summed E-state index contributed by atoms with van der Waals surface area (Å²) < 4.78 is 0. The number of H-pyrrole nitrogens is 1. The van der Waals surface area contributed by atoms with Crippen molar-refractivity contribution < 1.29 is 5.11 Å². The van der Waals surface area contributed by atoms with E-state index in [0.717, 1.165) is 24.8 Å². The summed E-state index contributed by atoms with van der Waals surface area (Å²) >= 11 is 0. The molecule has 2 nitrogen and oxygen atoms in total. The fourth-order valence-corrected chi connectivity index (χ4v) is 2.63. The largest absolute Gasteiger partial charge is 0.388 e. The number of nitrogens with one attached hydrogen (secondary N) is 1. The lowest BCUT2D eigenvalue weighted by Gasteiger charge is -2.17. The van der Waals surface area contributed by atoms with E-state index in [2.05, 4.69) is 30.1 Å². The summed E-state index contributed by atoms with van der Waals surface area (Å²) in [7, 11) is 0. The molecule has 0 saturated heterocycles. The van der Waals surface area contributed by atoms with Crippen LogP contribution in [0, 0.1) is 6.92 Å². The van der Waals surface area contributed by atoms with E-state index < -0.39 is 0 Å². The molecule has 0 radical (unpaired) electrons. The van der Waals surface area contributed by atoms with Crippen molar-refractivity contribution in [2.75, 3.05) is 0 Å².